The lowest BCUT2D eigenvalue weighted by molar-refractivity contribution is 0.973. The molecule has 0 atom stereocenters. The van der Waals surface area contributed by atoms with E-state index in [9.17, 15) is 0 Å². The van der Waals surface area contributed by atoms with E-state index in [1.807, 2.05) is 54.6 Å². The Hall–Kier alpha value is -8.29. The smallest absolute Gasteiger partial charge is 0.161 e. The van der Waals surface area contributed by atoms with Gasteiger partial charge in [0, 0.05) is 50.9 Å². The van der Waals surface area contributed by atoms with Crippen molar-refractivity contribution in [3.8, 4) is 22.5 Å². The number of hydrogen-bond acceptors (Lipinski definition) is 3. The molecule has 0 spiro atoms. The first-order valence-corrected chi connectivity index (χ1v) is 20.3. The molecule has 0 aliphatic heterocycles. The number of para-hydroxylation sites is 3. The maximum atomic E-state index is 8.75. The van der Waals surface area contributed by atoms with Gasteiger partial charge in [0.15, 0.2) is 11.7 Å². The van der Waals surface area contributed by atoms with Crippen molar-refractivity contribution in [3.05, 3.63) is 223 Å². The Morgan fingerprint density at radius 1 is 0.525 bits per heavy atom. The van der Waals surface area contributed by atoms with Crippen molar-refractivity contribution < 1.29 is 0 Å². The molecule has 0 aliphatic carbocycles. The highest BCUT2D eigenvalue weighted by Gasteiger charge is 2.26. The van der Waals surface area contributed by atoms with E-state index >= 15 is 0 Å². The summed E-state index contributed by atoms with van der Waals surface area (Å²) in [5.41, 5.74) is 18.3. The van der Waals surface area contributed by atoms with Crippen molar-refractivity contribution in [2.45, 2.75) is 6.54 Å². The van der Waals surface area contributed by atoms with Gasteiger partial charge in [0.05, 0.1) is 22.2 Å². The van der Waals surface area contributed by atoms with Crippen molar-refractivity contribution in [2.24, 2.45) is 15.7 Å². The number of hydrogen-bond donors (Lipinski definition) is 2. The Bertz CT molecular complexity index is 3240. The Morgan fingerprint density at radius 3 is 1.84 bits per heavy atom. The number of benzene rings is 8. The fraction of sp³-hybridized carbons (Fsp3) is 0.0185. The summed E-state index contributed by atoms with van der Waals surface area (Å²) in [5, 5.41) is 12.1. The van der Waals surface area contributed by atoms with E-state index in [4.69, 9.17) is 16.1 Å². The summed E-state index contributed by atoms with van der Waals surface area (Å²) in [6.07, 6.45) is 0. The Labute approximate surface area is 354 Å². The van der Waals surface area contributed by atoms with Crippen molar-refractivity contribution in [1.82, 2.24) is 9.13 Å². The number of aliphatic imine (C=N–C) groups is 2. The highest BCUT2D eigenvalue weighted by molar-refractivity contribution is 6.17. The second-order valence-corrected chi connectivity index (χ2v) is 15.0. The van der Waals surface area contributed by atoms with Crippen LogP contribution in [0.3, 0.4) is 0 Å². The molecule has 0 bridgehead atoms. The first kappa shape index (κ1) is 37.0. The second kappa shape index (κ2) is 15.8. The van der Waals surface area contributed by atoms with E-state index in [1.165, 1.54) is 5.56 Å². The molecule has 0 unspecified atom stereocenters. The summed E-state index contributed by atoms with van der Waals surface area (Å²) in [6.45, 7) is 4.81. The first-order valence-electron chi connectivity index (χ1n) is 20.3. The third-order valence-corrected chi connectivity index (χ3v) is 11.3. The Kier molecular flexibility index (Phi) is 9.59. The van der Waals surface area contributed by atoms with Crippen molar-refractivity contribution in [3.63, 3.8) is 0 Å². The molecule has 3 N–H and O–H groups in total. The lowest BCUT2D eigenvalue weighted by atomic mass is 10.0. The quantitative estimate of drug-likeness (QED) is 0.107. The van der Waals surface area contributed by atoms with Gasteiger partial charge < -0.3 is 15.2 Å². The van der Waals surface area contributed by atoms with Crippen LogP contribution in [0.5, 0.6) is 0 Å². The first-order chi connectivity index (χ1) is 30.1. The van der Waals surface area contributed by atoms with Crippen LogP contribution >= 0.6 is 0 Å². The molecule has 10 rings (SSSR count). The van der Waals surface area contributed by atoms with Crippen molar-refractivity contribution >= 4 is 68.3 Å². The molecule has 0 amide bonds. The largest absolute Gasteiger partial charge is 0.383 e. The van der Waals surface area contributed by atoms with E-state index in [-0.39, 0.29) is 5.84 Å². The molecule has 2 aromatic heterocycles. The minimum Gasteiger partial charge on any atom is -0.383 e. The van der Waals surface area contributed by atoms with Crippen LogP contribution in [0.4, 0.5) is 17.2 Å². The minimum atomic E-state index is 0.112. The molecule has 2 heterocycles. The lowest BCUT2D eigenvalue weighted by Gasteiger charge is -2.25. The fourth-order valence-electron chi connectivity index (χ4n) is 8.43. The van der Waals surface area contributed by atoms with Gasteiger partial charge in [-0.15, -0.1) is 0 Å². The van der Waals surface area contributed by atoms with Crippen LogP contribution in [0.1, 0.15) is 16.7 Å². The average Bonchev–Trinajstić information content (AvgIpc) is 3.82. The van der Waals surface area contributed by atoms with Crippen LogP contribution in [-0.2, 0) is 6.54 Å². The second-order valence-electron chi connectivity index (χ2n) is 15.0. The molecular formula is C54H41N7. The van der Waals surface area contributed by atoms with Gasteiger partial charge >= 0.3 is 0 Å². The molecule has 0 saturated carbocycles. The standard InChI is InChI=1S/C54H41N7/c1-57-54-51(59(42-23-10-4-11-24-42)36-37-17-6-2-7-18-37)47-35-49-46(34-50(47)61(54)43-25-12-5-13-26-43)45-27-14-15-28-48(45)60(49)44-31-29-38(30-32-44)40-21-16-22-41(33-40)53(56)58-52(55)39-19-8-3-9-20-39/h2-35H,1,36H2,(H3,55,56,58). The monoisotopic (exact) mass is 787 g/mol. The van der Waals surface area contributed by atoms with Crippen LogP contribution < -0.4 is 10.6 Å². The van der Waals surface area contributed by atoms with Crippen LogP contribution in [-0.4, -0.2) is 27.5 Å². The van der Waals surface area contributed by atoms with Crippen LogP contribution in [0.15, 0.2) is 216 Å². The van der Waals surface area contributed by atoms with Gasteiger partial charge in [-0.2, -0.15) is 0 Å². The predicted octanol–water partition coefficient (Wildman–Crippen LogP) is 12.8. The van der Waals surface area contributed by atoms with E-state index < -0.39 is 0 Å². The molecule has 61 heavy (non-hydrogen) atoms. The molecule has 10 aromatic rings. The molecule has 7 heteroatoms. The van der Waals surface area contributed by atoms with Crippen molar-refractivity contribution in [2.75, 3.05) is 4.90 Å². The zero-order valence-electron chi connectivity index (χ0n) is 33.4. The number of fused-ring (bicyclic) bond motifs is 4. The zero-order valence-corrected chi connectivity index (χ0v) is 33.4. The van der Waals surface area contributed by atoms with E-state index in [0.717, 1.165) is 78.0 Å². The summed E-state index contributed by atoms with van der Waals surface area (Å²) < 4.78 is 4.60. The molecule has 292 valence electrons. The van der Waals surface area contributed by atoms with Crippen molar-refractivity contribution in [1.29, 1.82) is 5.41 Å². The molecule has 7 nitrogen and oxygen atoms in total. The summed E-state index contributed by atoms with van der Waals surface area (Å²) in [5.74, 6) is 1.20. The van der Waals surface area contributed by atoms with Crippen LogP contribution in [0.2, 0.25) is 0 Å². The number of nitrogens with two attached hydrogens (primary N) is 1. The number of nitrogens with zero attached hydrogens (tertiary/aromatic N) is 5. The molecule has 0 fully saturated rings. The third kappa shape index (κ3) is 6.84. The van der Waals surface area contributed by atoms with E-state index in [2.05, 4.69) is 177 Å². The van der Waals surface area contributed by atoms with Gasteiger partial charge in [-0.25, -0.2) is 9.98 Å². The van der Waals surface area contributed by atoms with Gasteiger partial charge in [-0.05, 0) is 84.1 Å². The molecule has 0 radical (unpaired) electrons. The third-order valence-electron chi connectivity index (χ3n) is 11.3. The van der Waals surface area contributed by atoms with E-state index in [0.29, 0.717) is 17.9 Å². The van der Waals surface area contributed by atoms with Gasteiger partial charge in [0.1, 0.15) is 5.84 Å². The van der Waals surface area contributed by atoms with Crippen LogP contribution in [0, 0.1) is 5.41 Å². The summed E-state index contributed by atoms with van der Waals surface area (Å²) in [4.78, 5) is 11.6. The number of nitrogens with one attached hydrogen (secondary N) is 1. The topological polar surface area (TPSA) is 87.7 Å². The Morgan fingerprint density at radius 2 is 1.11 bits per heavy atom. The number of aromatic nitrogens is 2. The molecule has 0 saturated heterocycles. The lowest BCUT2D eigenvalue weighted by Crippen LogP contribution is -2.16. The summed E-state index contributed by atoms with van der Waals surface area (Å²) in [7, 11) is 0. The van der Waals surface area contributed by atoms with Gasteiger partial charge in [-0.3, -0.25) is 9.98 Å². The number of rotatable bonds is 10. The zero-order chi connectivity index (χ0) is 41.3. The number of amidine groups is 2. The fourth-order valence-corrected chi connectivity index (χ4v) is 8.43. The predicted molar refractivity (Wildman–Crippen MR) is 255 cm³/mol. The maximum absolute atomic E-state index is 8.75. The number of anilines is 2. The van der Waals surface area contributed by atoms with Crippen LogP contribution in [0.25, 0.3) is 55.2 Å². The minimum absolute atomic E-state index is 0.112. The van der Waals surface area contributed by atoms with Gasteiger partial charge in [-0.1, -0.05) is 146 Å². The molecule has 8 aromatic carbocycles. The highest BCUT2D eigenvalue weighted by Crippen LogP contribution is 2.48. The Balaban J connectivity index is 1.14. The van der Waals surface area contributed by atoms with E-state index in [1.54, 1.807) is 0 Å². The molecule has 0 aliphatic rings. The molecular weight excluding hydrogens is 747 g/mol. The van der Waals surface area contributed by atoms with Gasteiger partial charge in [0.2, 0.25) is 0 Å². The highest BCUT2D eigenvalue weighted by atomic mass is 15.2. The maximum Gasteiger partial charge on any atom is 0.161 e. The average molecular weight is 788 g/mol. The summed E-state index contributed by atoms with van der Waals surface area (Å²) in [6, 6.07) is 70.9. The normalized spacial score (nSPS) is 11.6. The SMILES string of the molecule is C=Nc1c(N(Cc2ccccc2)c2ccccc2)c2cc3c(cc2n1-c1ccccc1)c1ccccc1n3-c1ccc(-c2cccc(C(=N)N=C(N)c3ccccc3)c2)cc1. The summed E-state index contributed by atoms with van der Waals surface area (Å²) >= 11 is 0. The van der Waals surface area contributed by atoms with Gasteiger partial charge in [0.25, 0.3) is 0 Å².